The first kappa shape index (κ1) is 11.2. The molecular weight excluding hydrogens is 208 g/mol. The number of benzene rings is 1. The summed E-state index contributed by atoms with van der Waals surface area (Å²) in [5.74, 6) is 0. The zero-order chi connectivity index (χ0) is 11.5. The van der Waals surface area contributed by atoms with Gasteiger partial charge in [-0.15, -0.1) is 0 Å². The van der Waals surface area contributed by atoms with E-state index in [2.05, 4.69) is 40.1 Å². The maximum atomic E-state index is 2.69. The van der Waals surface area contributed by atoms with Crippen LogP contribution in [0.15, 0.2) is 30.3 Å². The third kappa shape index (κ3) is 2.53. The van der Waals surface area contributed by atoms with E-state index in [1.807, 2.05) is 0 Å². The van der Waals surface area contributed by atoms with Gasteiger partial charge in [0.1, 0.15) is 0 Å². The monoisotopic (exact) mass is 230 g/mol. The van der Waals surface area contributed by atoms with Gasteiger partial charge in [-0.05, 0) is 44.3 Å². The van der Waals surface area contributed by atoms with Gasteiger partial charge in [0, 0.05) is 13.1 Å². The van der Waals surface area contributed by atoms with E-state index in [1.165, 1.54) is 50.9 Å². The van der Waals surface area contributed by atoms with Crippen molar-refractivity contribution < 1.29 is 0 Å². The molecule has 2 aliphatic rings. The quantitative estimate of drug-likeness (QED) is 0.771. The van der Waals surface area contributed by atoms with E-state index < -0.39 is 0 Å². The molecule has 0 N–H and O–H groups in total. The van der Waals surface area contributed by atoms with Gasteiger partial charge in [0.05, 0.1) is 6.17 Å². The van der Waals surface area contributed by atoms with E-state index in [9.17, 15) is 0 Å². The van der Waals surface area contributed by atoms with Crippen LogP contribution in [0.4, 0.5) is 0 Å². The van der Waals surface area contributed by atoms with Crippen LogP contribution in [0.5, 0.6) is 0 Å². The Balaban J connectivity index is 1.72. The van der Waals surface area contributed by atoms with Crippen LogP contribution in [0.3, 0.4) is 0 Å². The first-order chi connectivity index (χ1) is 8.43. The van der Waals surface area contributed by atoms with Gasteiger partial charge in [-0.2, -0.15) is 0 Å². The fourth-order valence-corrected chi connectivity index (χ4v) is 3.26. The second kappa shape index (κ2) is 5.19. The largest absolute Gasteiger partial charge is 0.288 e. The molecule has 0 saturated carbocycles. The minimum Gasteiger partial charge on any atom is -0.288 e. The summed E-state index contributed by atoms with van der Waals surface area (Å²) in [6.45, 7) is 5.03. The van der Waals surface area contributed by atoms with Gasteiger partial charge in [-0.25, -0.2) is 0 Å². The molecule has 0 spiro atoms. The summed E-state index contributed by atoms with van der Waals surface area (Å²) in [7, 11) is 0. The molecule has 2 aliphatic heterocycles. The summed E-state index contributed by atoms with van der Waals surface area (Å²) in [5.41, 5.74) is 1.46. The molecule has 2 heteroatoms. The molecule has 0 bridgehead atoms. The summed E-state index contributed by atoms with van der Waals surface area (Å²) in [6, 6.07) is 10.9. The maximum absolute atomic E-state index is 2.69. The Morgan fingerprint density at radius 3 is 2.59 bits per heavy atom. The highest BCUT2D eigenvalue weighted by Gasteiger charge is 2.30. The zero-order valence-electron chi connectivity index (χ0n) is 10.5. The number of nitrogens with zero attached hydrogens (tertiary/aromatic N) is 2. The van der Waals surface area contributed by atoms with E-state index in [1.54, 1.807) is 0 Å². The Bertz CT molecular complexity index is 349. The van der Waals surface area contributed by atoms with Gasteiger partial charge in [0.15, 0.2) is 0 Å². The lowest BCUT2D eigenvalue weighted by atomic mass is 10.2. The minimum absolute atomic E-state index is 0.720. The van der Waals surface area contributed by atoms with Crippen LogP contribution in [0.1, 0.15) is 31.2 Å². The van der Waals surface area contributed by atoms with Gasteiger partial charge < -0.3 is 0 Å². The molecule has 0 radical (unpaired) electrons. The molecule has 1 unspecified atom stereocenters. The third-order valence-electron chi connectivity index (χ3n) is 4.12. The summed E-state index contributed by atoms with van der Waals surface area (Å²) < 4.78 is 0. The van der Waals surface area contributed by atoms with Crippen molar-refractivity contribution in [3.8, 4) is 0 Å². The standard InChI is InChI=1S/C15H22N2/c1-2-7-14(8-3-1)13-17-11-5-4-10-16-12-6-9-15(16)17/h1-3,7-8,15H,4-6,9-13H2. The normalized spacial score (nSPS) is 26.7. The summed E-state index contributed by atoms with van der Waals surface area (Å²) in [6.07, 6.45) is 6.21. The van der Waals surface area contributed by atoms with Crippen LogP contribution >= 0.6 is 0 Å². The van der Waals surface area contributed by atoms with Crippen molar-refractivity contribution in [3.05, 3.63) is 35.9 Å². The highest BCUT2D eigenvalue weighted by molar-refractivity contribution is 5.14. The van der Waals surface area contributed by atoms with Gasteiger partial charge in [0.25, 0.3) is 0 Å². The Morgan fingerprint density at radius 1 is 0.941 bits per heavy atom. The second-order valence-electron chi connectivity index (χ2n) is 5.32. The third-order valence-corrected chi connectivity index (χ3v) is 4.12. The molecule has 92 valence electrons. The van der Waals surface area contributed by atoms with E-state index >= 15 is 0 Å². The highest BCUT2D eigenvalue weighted by atomic mass is 15.4. The molecule has 2 fully saturated rings. The van der Waals surface area contributed by atoms with Crippen LogP contribution in [0, 0.1) is 0 Å². The van der Waals surface area contributed by atoms with Crippen molar-refractivity contribution in [2.24, 2.45) is 0 Å². The molecule has 0 amide bonds. The highest BCUT2D eigenvalue weighted by Crippen LogP contribution is 2.25. The van der Waals surface area contributed by atoms with Gasteiger partial charge in [-0.3, -0.25) is 9.80 Å². The predicted molar refractivity (Wildman–Crippen MR) is 70.7 cm³/mol. The fraction of sp³-hybridized carbons (Fsp3) is 0.600. The van der Waals surface area contributed by atoms with Crippen LogP contribution in [-0.2, 0) is 6.54 Å². The van der Waals surface area contributed by atoms with Gasteiger partial charge in [-0.1, -0.05) is 30.3 Å². The average molecular weight is 230 g/mol. The van der Waals surface area contributed by atoms with Crippen molar-refractivity contribution in [1.29, 1.82) is 0 Å². The molecule has 1 atom stereocenters. The zero-order valence-corrected chi connectivity index (χ0v) is 10.5. The van der Waals surface area contributed by atoms with Crippen LogP contribution in [0.2, 0.25) is 0 Å². The number of hydrogen-bond donors (Lipinski definition) is 0. The van der Waals surface area contributed by atoms with Crippen molar-refractivity contribution in [2.75, 3.05) is 19.6 Å². The maximum Gasteiger partial charge on any atom is 0.0625 e. The topological polar surface area (TPSA) is 6.48 Å². The number of fused-ring (bicyclic) bond motifs is 1. The average Bonchev–Trinajstić information content (AvgIpc) is 2.75. The van der Waals surface area contributed by atoms with E-state index in [-0.39, 0.29) is 0 Å². The smallest absolute Gasteiger partial charge is 0.0625 e. The molecular formula is C15H22N2. The van der Waals surface area contributed by atoms with E-state index in [4.69, 9.17) is 0 Å². The van der Waals surface area contributed by atoms with Crippen molar-refractivity contribution in [1.82, 2.24) is 9.80 Å². The van der Waals surface area contributed by atoms with Gasteiger partial charge >= 0.3 is 0 Å². The Labute approximate surface area is 104 Å². The molecule has 1 aromatic rings. The molecule has 2 saturated heterocycles. The van der Waals surface area contributed by atoms with Crippen molar-refractivity contribution in [2.45, 2.75) is 38.4 Å². The second-order valence-corrected chi connectivity index (χ2v) is 5.32. The molecule has 17 heavy (non-hydrogen) atoms. The van der Waals surface area contributed by atoms with Crippen LogP contribution in [0.25, 0.3) is 0 Å². The Hall–Kier alpha value is -0.860. The molecule has 3 rings (SSSR count). The summed E-state index contributed by atoms with van der Waals surface area (Å²) >= 11 is 0. The molecule has 2 heterocycles. The van der Waals surface area contributed by atoms with E-state index in [0.717, 1.165) is 12.7 Å². The van der Waals surface area contributed by atoms with Crippen molar-refractivity contribution in [3.63, 3.8) is 0 Å². The van der Waals surface area contributed by atoms with Crippen LogP contribution < -0.4 is 0 Å². The van der Waals surface area contributed by atoms with Gasteiger partial charge in [0.2, 0.25) is 0 Å². The minimum atomic E-state index is 0.720. The lowest BCUT2D eigenvalue weighted by Crippen LogP contribution is -2.42. The first-order valence-electron chi connectivity index (χ1n) is 6.95. The SMILES string of the molecule is c1ccc(CN2CCCCN3CCCC32)cc1. The molecule has 1 aromatic carbocycles. The summed E-state index contributed by atoms with van der Waals surface area (Å²) in [4.78, 5) is 5.38. The lowest BCUT2D eigenvalue weighted by Gasteiger charge is -2.32. The summed E-state index contributed by atoms with van der Waals surface area (Å²) in [5, 5.41) is 0. The van der Waals surface area contributed by atoms with E-state index in [0.29, 0.717) is 0 Å². The molecule has 2 nitrogen and oxygen atoms in total. The molecule has 0 aromatic heterocycles. The Kier molecular flexibility index (Phi) is 3.44. The predicted octanol–water partition coefficient (Wildman–Crippen LogP) is 2.70. The fourth-order valence-electron chi connectivity index (χ4n) is 3.26. The van der Waals surface area contributed by atoms with Crippen LogP contribution in [-0.4, -0.2) is 35.6 Å². The lowest BCUT2D eigenvalue weighted by molar-refractivity contribution is 0.0884. The first-order valence-corrected chi connectivity index (χ1v) is 6.95. The number of hydrogen-bond acceptors (Lipinski definition) is 2. The van der Waals surface area contributed by atoms with Crippen molar-refractivity contribution >= 4 is 0 Å². The Morgan fingerprint density at radius 2 is 1.71 bits per heavy atom. The number of rotatable bonds is 2. The molecule has 0 aliphatic carbocycles.